The lowest BCUT2D eigenvalue weighted by Gasteiger charge is -2.19. The predicted molar refractivity (Wildman–Crippen MR) is 130 cm³/mol. The van der Waals surface area contributed by atoms with E-state index in [-0.39, 0.29) is 17.1 Å². The maximum Gasteiger partial charge on any atom is 0.273 e. The topological polar surface area (TPSA) is 131 Å². The third-order valence-corrected chi connectivity index (χ3v) is 8.27. The molecule has 1 N–H and O–H groups in total. The van der Waals surface area contributed by atoms with Crippen molar-refractivity contribution < 1.29 is 26.0 Å². The Morgan fingerprint density at radius 2 is 1.74 bits per heavy atom. The lowest BCUT2D eigenvalue weighted by atomic mass is 10.2. The Bertz CT molecular complexity index is 1650. The summed E-state index contributed by atoms with van der Waals surface area (Å²) in [5, 5.41) is 0.495. The number of hydrogen-bond donors (Lipinski definition) is 1. The van der Waals surface area contributed by atoms with Gasteiger partial charge in [-0.15, -0.1) is 0 Å². The fourth-order valence-corrected chi connectivity index (χ4v) is 6.56. The van der Waals surface area contributed by atoms with Gasteiger partial charge in [-0.05, 0) is 43.3 Å². The molecule has 35 heavy (non-hydrogen) atoms. The summed E-state index contributed by atoms with van der Waals surface area (Å²) in [5.41, 5.74) is 4.19. The van der Waals surface area contributed by atoms with Gasteiger partial charge < -0.3 is 0 Å². The van der Waals surface area contributed by atoms with Crippen LogP contribution in [0.25, 0.3) is 22.3 Å². The van der Waals surface area contributed by atoms with Crippen LogP contribution in [0.15, 0.2) is 60.9 Å². The highest BCUT2D eigenvalue weighted by molar-refractivity contribution is 8.09. The molecule has 182 valence electrons. The molecule has 0 radical (unpaired) electrons. The van der Waals surface area contributed by atoms with E-state index in [1.807, 2.05) is 0 Å². The molecule has 4 aromatic rings. The first-order valence-corrected chi connectivity index (χ1v) is 13.8. The summed E-state index contributed by atoms with van der Waals surface area (Å²) in [4.78, 5) is 21.4. The van der Waals surface area contributed by atoms with Crippen molar-refractivity contribution in [3.05, 3.63) is 78.0 Å². The molecule has 0 bridgehead atoms. The van der Waals surface area contributed by atoms with E-state index in [9.17, 15) is 26.0 Å². The maximum absolute atomic E-state index is 13.5. The molecule has 0 aliphatic rings. The Balaban J connectivity index is 1.62. The van der Waals surface area contributed by atoms with Crippen LogP contribution >= 0.6 is 0 Å². The maximum atomic E-state index is 13.5. The van der Waals surface area contributed by atoms with Crippen molar-refractivity contribution in [1.29, 1.82) is 0 Å². The number of nitrogens with zero attached hydrogens (tertiary/aromatic N) is 4. The minimum Gasteiger partial charge on any atom is -0.267 e. The van der Waals surface area contributed by atoms with Crippen molar-refractivity contribution in [1.82, 2.24) is 14.6 Å². The number of aromatic nitrogens is 3. The molecule has 0 spiro atoms. The average Bonchev–Trinajstić information content (AvgIpc) is 3.13. The minimum atomic E-state index is -4.09. The molecule has 10 nitrogen and oxygen atoms in total. The fourth-order valence-electron chi connectivity index (χ4n) is 3.60. The highest BCUT2D eigenvalue weighted by Crippen LogP contribution is 2.26. The monoisotopic (exact) mass is 517 g/mol. The van der Waals surface area contributed by atoms with Crippen LogP contribution in [-0.4, -0.2) is 49.9 Å². The molecule has 0 aliphatic carbocycles. The number of rotatable bonds is 6. The van der Waals surface area contributed by atoms with E-state index < -0.39 is 31.8 Å². The molecular formula is C22H20FN5O5S2. The molecule has 0 aliphatic heterocycles. The number of carbonyl (C=O) groups excluding carboxylic acids is 1. The number of sulfonamides is 2. The minimum absolute atomic E-state index is 0.0521. The third-order valence-electron chi connectivity index (χ3n) is 5.02. The first-order valence-electron chi connectivity index (χ1n) is 10.1. The molecule has 13 heteroatoms. The van der Waals surface area contributed by atoms with Gasteiger partial charge in [-0.3, -0.25) is 14.9 Å². The number of anilines is 1. The van der Waals surface area contributed by atoms with Gasteiger partial charge >= 0.3 is 0 Å². The number of carbonyl (C=O) groups is 1. The van der Waals surface area contributed by atoms with Gasteiger partial charge in [0.25, 0.3) is 5.91 Å². The zero-order valence-corrected chi connectivity index (χ0v) is 20.4. The fraction of sp³-hybridized carbons (Fsp3) is 0.136. The van der Waals surface area contributed by atoms with E-state index in [1.54, 1.807) is 19.1 Å². The van der Waals surface area contributed by atoms with Crippen LogP contribution < -0.4 is 9.14 Å². The van der Waals surface area contributed by atoms with Gasteiger partial charge in [-0.25, -0.2) is 31.2 Å². The molecule has 0 saturated heterocycles. The number of fused-ring (bicyclic) bond motifs is 1. The third kappa shape index (κ3) is 5.00. The Kier molecular flexibility index (Phi) is 6.07. The summed E-state index contributed by atoms with van der Waals surface area (Å²) < 4.78 is 63.4. The first kappa shape index (κ1) is 24.3. The number of hydrogen-bond acceptors (Lipinski definition) is 7. The van der Waals surface area contributed by atoms with Gasteiger partial charge in [0.2, 0.25) is 20.0 Å². The molecule has 0 saturated carbocycles. The largest absolute Gasteiger partial charge is 0.273 e. The number of amides is 1. The highest BCUT2D eigenvalue weighted by Gasteiger charge is 2.27. The van der Waals surface area contributed by atoms with E-state index in [2.05, 4.69) is 15.4 Å². The zero-order valence-electron chi connectivity index (χ0n) is 18.8. The summed E-state index contributed by atoms with van der Waals surface area (Å²) in [6, 6.07) is 11.6. The first-order chi connectivity index (χ1) is 16.3. The Morgan fingerprint density at radius 3 is 2.37 bits per heavy atom. The standard InChI is InChI=1S/C22H20FN5O5S2/c1-14-19(13-24-21(25-14)16-5-4-6-17(23)11-16)22(29)26-27-10-9-15-12-18(7-8-20(15)27)28(34(2,30)31)35(3,32)33/h4-13H,1-3H3,(H,26,29). The second kappa shape index (κ2) is 8.74. The smallest absolute Gasteiger partial charge is 0.267 e. The Morgan fingerprint density at radius 1 is 1.03 bits per heavy atom. The summed E-state index contributed by atoms with van der Waals surface area (Å²) in [7, 11) is -8.18. The van der Waals surface area contributed by atoms with Gasteiger partial charge in [-0.2, -0.15) is 3.71 Å². The van der Waals surface area contributed by atoms with Crippen molar-refractivity contribution in [3.8, 4) is 11.4 Å². The molecular weight excluding hydrogens is 497 g/mol. The van der Waals surface area contributed by atoms with Crippen molar-refractivity contribution in [3.63, 3.8) is 0 Å². The second-order valence-electron chi connectivity index (χ2n) is 7.80. The lowest BCUT2D eigenvalue weighted by molar-refractivity contribution is 0.101. The summed E-state index contributed by atoms with van der Waals surface area (Å²) in [5.74, 6) is -0.660. The van der Waals surface area contributed by atoms with E-state index in [4.69, 9.17) is 0 Å². The van der Waals surface area contributed by atoms with E-state index in [1.165, 1.54) is 53.5 Å². The van der Waals surface area contributed by atoms with Crippen LogP contribution in [0.4, 0.5) is 10.1 Å². The van der Waals surface area contributed by atoms with Gasteiger partial charge in [0, 0.05) is 23.3 Å². The van der Waals surface area contributed by atoms with Crippen molar-refractivity contribution in [2.45, 2.75) is 6.92 Å². The quantitative estimate of drug-likeness (QED) is 0.416. The van der Waals surface area contributed by atoms with Crippen molar-refractivity contribution >= 4 is 42.5 Å². The SMILES string of the molecule is Cc1nc(-c2cccc(F)c2)ncc1C(=O)Nn1ccc2cc(N(S(C)(=O)=O)S(C)(=O)=O)ccc21. The molecule has 0 atom stereocenters. The van der Waals surface area contributed by atoms with Crippen LogP contribution in [-0.2, 0) is 20.0 Å². The van der Waals surface area contributed by atoms with E-state index in [0.717, 1.165) is 12.5 Å². The molecule has 2 aromatic heterocycles. The number of benzene rings is 2. The summed E-state index contributed by atoms with van der Waals surface area (Å²) in [6.45, 7) is 1.63. The van der Waals surface area contributed by atoms with Crippen LogP contribution in [0.2, 0.25) is 0 Å². The summed E-state index contributed by atoms with van der Waals surface area (Å²) >= 11 is 0. The Labute approximate surface area is 201 Å². The summed E-state index contributed by atoms with van der Waals surface area (Å²) in [6.07, 6.45) is 4.48. The zero-order chi connectivity index (χ0) is 25.5. The predicted octanol–water partition coefficient (Wildman–Crippen LogP) is 2.66. The number of nitrogens with one attached hydrogen (secondary N) is 1. The molecule has 1 amide bonds. The van der Waals surface area contributed by atoms with Gasteiger partial charge in [-0.1, -0.05) is 12.1 Å². The highest BCUT2D eigenvalue weighted by atomic mass is 32.3. The van der Waals surface area contributed by atoms with Crippen LogP contribution in [0, 0.1) is 12.7 Å². The number of halogens is 1. The van der Waals surface area contributed by atoms with Gasteiger partial charge in [0.1, 0.15) is 5.82 Å². The molecule has 2 heterocycles. The Hall–Kier alpha value is -3.84. The van der Waals surface area contributed by atoms with Crippen LogP contribution in [0.5, 0.6) is 0 Å². The number of aryl methyl sites for hydroxylation is 1. The average molecular weight is 518 g/mol. The van der Waals surface area contributed by atoms with Gasteiger partial charge in [0.15, 0.2) is 5.82 Å². The molecule has 0 fully saturated rings. The van der Waals surface area contributed by atoms with Crippen molar-refractivity contribution in [2.75, 3.05) is 21.6 Å². The van der Waals surface area contributed by atoms with Crippen molar-refractivity contribution in [2.24, 2.45) is 0 Å². The normalized spacial score (nSPS) is 12.0. The van der Waals surface area contributed by atoms with Gasteiger partial charge in [0.05, 0.1) is 35.0 Å². The lowest BCUT2D eigenvalue weighted by Crippen LogP contribution is -2.35. The van der Waals surface area contributed by atoms with E-state index in [0.29, 0.717) is 25.9 Å². The molecule has 4 rings (SSSR count). The molecule has 2 aromatic carbocycles. The van der Waals surface area contributed by atoms with E-state index >= 15 is 0 Å². The second-order valence-corrected chi connectivity index (χ2v) is 11.7. The molecule has 0 unspecified atom stereocenters. The van der Waals surface area contributed by atoms with Crippen LogP contribution in [0.1, 0.15) is 16.1 Å². The van der Waals surface area contributed by atoms with Crippen LogP contribution in [0.3, 0.4) is 0 Å².